The van der Waals surface area contributed by atoms with Crippen molar-refractivity contribution in [3.8, 4) is 16.8 Å². The highest BCUT2D eigenvalue weighted by molar-refractivity contribution is 6.18. The number of amidine groups is 2. The smallest absolute Gasteiger partial charge is 0.328 e. The summed E-state index contributed by atoms with van der Waals surface area (Å²) in [7, 11) is 0. The lowest BCUT2D eigenvalue weighted by molar-refractivity contribution is -0.516. The first-order valence-electron chi connectivity index (χ1n) is 19.2. The summed E-state index contributed by atoms with van der Waals surface area (Å²) in [4.78, 5) is 9.07. The van der Waals surface area contributed by atoms with Crippen molar-refractivity contribution in [1.82, 2.24) is 9.88 Å². The SMILES string of the molecule is c1ccc(-c2cc(C3=NC(c4ccc5c(c4)oc4ccccc45)=[NH+]C(c4ccccc4)N3)cc(-n3c4ccccc4c4cc5oc6ccccc6c5cc43)c2)cc1. The van der Waals surface area contributed by atoms with E-state index in [9.17, 15) is 0 Å². The van der Waals surface area contributed by atoms with E-state index >= 15 is 0 Å². The summed E-state index contributed by atoms with van der Waals surface area (Å²) in [6.45, 7) is 0. The van der Waals surface area contributed by atoms with E-state index in [2.05, 4.69) is 160 Å². The van der Waals surface area contributed by atoms with Gasteiger partial charge in [0.1, 0.15) is 22.3 Å². The molecule has 0 saturated carbocycles. The lowest BCUT2D eigenvalue weighted by Gasteiger charge is -2.19. The Hall–Kier alpha value is -7.70. The number of hydrogen-bond donors (Lipinski definition) is 2. The monoisotopic (exact) mass is 733 g/mol. The molecule has 0 fully saturated rings. The van der Waals surface area contributed by atoms with Crippen LogP contribution in [-0.2, 0) is 0 Å². The Morgan fingerprint density at radius 1 is 0.439 bits per heavy atom. The Labute approximate surface area is 326 Å². The van der Waals surface area contributed by atoms with Gasteiger partial charge >= 0.3 is 5.84 Å². The molecule has 1 unspecified atom stereocenters. The van der Waals surface area contributed by atoms with Crippen molar-refractivity contribution in [3.05, 3.63) is 199 Å². The van der Waals surface area contributed by atoms with Gasteiger partial charge in [-0.25, -0.2) is 4.99 Å². The van der Waals surface area contributed by atoms with Crippen LogP contribution in [0.3, 0.4) is 0 Å². The average molecular weight is 734 g/mol. The van der Waals surface area contributed by atoms with Crippen molar-refractivity contribution in [2.75, 3.05) is 0 Å². The number of aliphatic imine (C=N–C) groups is 1. The predicted molar refractivity (Wildman–Crippen MR) is 231 cm³/mol. The second kappa shape index (κ2) is 12.4. The van der Waals surface area contributed by atoms with Gasteiger partial charge < -0.3 is 18.7 Å². The Morgan fingerprint density at radius 3 is 1.86 bits per heavy atom. The van der Waals surface area contributed by atoms with Gasteiger partial charge in [-0.3, -0.25) is 0 Å². The fourth-order valence-corrected chi connectivity index (χ4v) is 8.61. The first-order chi connectivity index (χ1) is 28.2. The summed E-state index contributed by atoms with van der Waals surface area (Å²) in [5.41, 5.74) is 12.0. The minimum Gasteiger partial charge on any atom is -0.456 e. The standard InChI is InChI=1S/C51H32N4O2/c1-3-13-31(14-4-1)34-25-35(27-36(26-34)55-43-20-10-7-17-37(43)41-30-48-42(29-44(41)55)39-19-9-12-22-46(39)57-48)51-53-49(32-15-5-2-6-16-32)52-50(54-51)33-23-24-40-38-18-8-11-21-45(38)56-47(40)28-33/h1-30,49H,(H,52,53,54)/p+1. The lowest BCUT2D eigenvalue weighted by Crippen LogP contribution is -2.80. The van der Waals surface area contributed by atoms with Gasteiger partial charge in [-0.05, 0) is 82.8 Å². The van der Waals surface area contributed by atoms with Crippen LogP contribution in [0.2, 0.25) is 0 Å². The van der Waals surface area contributed by atoms with Gasteiger partial charge in [0.15, 0.2) is 6.17 Å². The molecule has 0 radical (unpaired) electrons. The van der Waals surface area contributed by atoms with Crippen molar-refractivity contribution < 1.29 is 13.8 Å². The number of fused-ring (bicyclic) bond motifs is 9. The molecule has 3 aromatic heterocycles. The summed E-state index contributed by atoms with van der Waals surface area (Å²) >= 11 is 0. The molecule has 2 N–H and O–H groups in total. The number of nitrogens with one attached hydrogen (secondary N) is 2. The fourth-order valence-electron chi connectivity index (χ4n) is 8.61. The van der Waals surface area contributed by atoms with Gasteiger partial charge in [0.25, 0.3) is 5.84 Å². The van der Waals surface area contributed by atoms with E-state index in [1.807, 2.05) is 36.4 Å². The minimum absolute atomic E-state index is 0.236. The van der Waals surface area contributed by atoms with Gasteiger partial charge in [0.2, 0.25) is 0 Å². The van der Waals surface area contributed by atoms with Crippen LogP contribution in [0.25, 0.3) is 82.5 Å². The third-order valence-corrected chi connectivity index (χ3v) is 11.3. The number of furan rings is 2. The molecule has 0 amide bonds. The van der Waals surface area contributed by atoms with Crippen LogP contribution in [0.5, 0.6) is 0 Å². The second-order valence-electron chi connectivity index (χ2n) is 14.7. The Bertz CT molecular complexity index is 3440. The summed E-state index contributed by atoms with van der Waals surface area (Å²) in [6.07, 6.45) is -0.236. The molecule has 1 aliphatic heterocycles. The van der Waals surface area contributed by atoms with Crippen LogP contribution in [0.4, 0.5) is 0 Å². The zero-order valence-corrected chi connectivity index (χ0v) is 30.6. The molecule has 6 heteroatoms. The van der Waals surface area contributed by atoms with E-state index in [0.29, 0.717) is 0 Å². The lowest BCUT2D eigenvalue weighted by atomic mass is 10.0. The van der Waals surface area contributed by atoms with E-state index in [1.165, 1.54) is 5.39 Å². The van der Waals surface area contributed by atoms with Gasteiger partial charge in [-0.15, -0.1) is 0 Å². The zero-order valence-electron chi connectivity index (χ0n) is 30.6. The molecule has 8 aromatic carbocycles. The van der Waals surface area contributed by atoms with E-state index < -0.39 is 0 Å². The molecular weight excluding hydrogens is 701 g/mol. The van der Waals surface area contributed by atoms with Crippen LogP contribution < -0.4 is 10.3 Å². The highest BCUT2D eigenvalue weighted by atomic mass is 16.3. The molecular formula is C51H33N4O2+. The van der Waals surface area contributed by atoms with E-state index in [1.54, 1.807) is 0 Å². The molecule has 1 aliphatic rings. The Kier molecular flexibility index (Phi) is 6.89. The molecule has 12 rings (SSSR count). The van der Waals surface area contributed by atoms with Crippen LogP contribution in [0.1, 0.15) is 22.9 Å². The number of nitrogens with zero attached hydrogens (tertiary/aromatic N) is 2. The predicted octanol–water partition coefficient (Wildman–Crippen LogP) is 10.8. The summed E-state index contributed by atoms with van der Waals surface area (Å²) < 4.78 is 15.1. The molecule has 11 aromatic rings. The van der Waals surface area contributed by atoms with Gasteiger partial charge in [-0.1, -0.05) is 115 Å². The van der Waals surface area contributed by atoms with Crippen LogP contribution in [-0.4, -0.2) is 16.2 Å². The third-order valence-electron chi connectivity index (χ3n) is 11.3. The second-order valence-corrected chi connectivity index (χ2v) is 14.7. The highest BCUT2D eigenvalue weighted by Gasteiger charge is 2.29. The third kappa shape index (κ3) is 5.11. The molecule has 6 nitrogen and oxygen atoms in total. The molecule has 4 heterocycles. The molecule has 0 saturated heterocycles. The fraction of sp³-hybridized carbons (Fsp3) is 0.0196. The molecule has 0 spiro atoms. The number of rotatable bonds is 5. The first-order valence-corrected chi connectivity index (χ1v) is 19.2. The number of hydrogen-bond acceptors (Lipinski definition) is 4. The van der Waals surface area contributed by atoms with Crippen LogP contribution in [0.15, 0.2) is 196 Å². The molecule has 57 heavy (non-hydrogen) atoms. The van der Waals surface area contributed by atoms with Crippen LogP contribution in [0, 0.1) is 0 Å². The summed E-state index contributed by atoms with van der Waals surface area (Å²) in [6, 6.07) is 63.8. The maximum atomic E-state index is 6.38. The summed E-state index contributed by atoms with van der Waals surface area (Å²) in [5, 5.41) is 10.5. The van der Waals surface area contributed by atoms with Crippen molar-refractivity contribution >= 4 is 77.4 Å². The summed E-state index contributed by atoms with van der Waals surface area (Å²) in [5.74, 6) is 1.53. The number of aromatic nitrogens is 1. The van der Waals surface area contributed by atoms with Crippen molar-refractivity contribution in [3.63, 3.8) is 0 Å². The molecule has 1 atom stereocenters. The maximum absolute atomic E-state index is 6.38. The molecule has 268 valence electrons. The van der Waals surface area contributed by atoms with E-state index in [0.717, 1.165) is 105 Å². The van der Waals surface area contributed by atoms with Gasteiger partial charge in [0.05, 0.1) is 16.6 Å². The Balaban J connectivity index is 1.09. The average Bonchev–Trinajstić information content (AvgIpc) is 3.94. The van der Waals surface area contributed by atoms with E-state index in [-0.39, 0.29) is 6.17 Å². The number of para-hydroxylation sites is 3. The number of benzene rings is 8. The van der Waals surface area contributed by atoms with Crippen LogP contribution >= 0.6 is 0 Å². The molecule has 0 aliphatic carbocycles. The van der Waals surface area contributed by atoms with Gasteiger partial charge in [-0.2, -0.15) is 0 Å². The maximum Gasteiger partial charge on any atom is 0.328 e. The van der Waals surface area contributed by atoms with Gasteiger partial charge in [0, 0.05) is 49.1 Å². The Morgan fingerprint density at radius 2 is 1.07 bits per heavy atom. The molecule has 0 bridgehead atoms. The highest BCUT2D eigenvalue weighted by Crippen LogP contribution is 2.39. The van der Waals surface area contributed by atoms with Crippen molar-refractivity contribution in [2.24, 2.45) is 4.99 Å². The topological polar surface area (TPSA) is 69.6 Å². The normalized spacial score (nSPS) is 14.5. The first kappa shape index (κ1) is 31.6. The van der Waals surface area contributed by atoms with Crippen molar-refractivity contribution in [1.29, 1.82) is 0 Å². The largest absolute Gasteiger partial charge is 0.456 e. The van der Waals surface area contributed by atoms with Crippen molar-refractivity contribution in [2.45, 2.75) is 6.17 Å². The minimum atomic E-state index is -0.236. The zero-order chi connectivity index (χ0) is 37.5. The van der Waals surface area contributed by atoms with E-state index in [4.69, 9.17) is 13.8 Å². The quantitative estimate of drug-likeness (QED) is 0.185.